The van der Waals surface area contributed by atoms with Crippen LogP contribution in [-0.2, 0) is 0 Å². The van der Waals surface area contributed by atoms with Crippen molar-refractivity contribution in [3.05, 3.63) is 0 Å². The van der Waals surface area contributed by atoms with Crippen LogP contribution in [0.2, 0.25) is 50.4 Å². The highest BCUT2D eigenvalue weighted by Gasteiger charge is 2.21. The largest absolute Gasteiger partial charge is 0.0693 e. The first-order valence-corrected chi connectivity index (χ1v) is 15.2. The van der Waals surface area contributed by atoms with Crippen LogP contribution in [0.1, 0.15) is 51.4 Å². The van der Waals surface area contributed by atoms with Gasteiger partial charge in [-0.3, -0.25) is 0 Å². The predicted molar refractivity (Wildman–Crippen MR) is 91.1 cm³/mol. The fraction of sp³-hybridized carbons (Fsp3) is 1.00. The lowest BCUT2D eigenvalue weighted by atomic mass is 10.2. The molecule has 18 heavy (non-hydrogen) atoms. The number of hydrogen-bond acceptors (Lipinski definition) is 0. The molecule has 0 spiro atoms. The molecule has 0 saturated carbocycles. The molecule has 2 heteroatoms. The summed E-state index contributed by atoms with van der Waals surface area (Å²) in [5.41, 5.74) is 0. The second-order valence-electron chi connectivity index (χ2n) is 8.16. The van der Waals surface area contributed by atoms with Gasteiger partial charge < -0.3 is 0 Å². The molecule has 0 aliphatic carbocycles. The third kappa shape index (κ3) is 7.78. The third-order valence-corrected chi connectivity index (χ3v) is 11.7. The summed E-state index contributed by atoms with van der Waals surface area (Å²) in [5, 5.41) is 0. The Hall–Kier alpha value is 0.434. The molecule has 0 aromatic rings. The van der Waals surface area contributed by atoms with Crippen LogP contribution in [0.15, 0.2) is 0 Å². The van der Waals surface area contributed by atoms with E-state index in [1.807, 2.05) is 0 Å². The van der Waals surface area contributed by atoms with Crippen molar-refractivity contribution >= 4 is 16.1 Å². The Morgan fingerprint density at radius 2 is 0.611 bits per heavy atom. The molecule has 1 saturated heterocycles. The van der Waals surface area contributed by atoms with E-state index in [1.165, 1.54) is 51.4 Å². The lowest BCUT2D eigenvalue weighted by Crippen LogP contribution is -2.25. The van der Waals surface area contributed by atoms with Crippen LogP contribution < -0.4 is 0 Å². The van der Waals surface area contributed by atoms with Gasteiger partial charge in [0.05, 0.1) is 0 Å². The van der Waals surface area contributed by atoms with E-state index in [0.717, 1.165) is 0 Å². The Balaban J connectivity index is 2.36. The van der Waals surface area contributed by atoms with Crippen LogP contribution >= 0.6 is 0 Å². The standard InChI is InChI=1S/C16H36Si2/c1-17(2)13-9-5-7-11-15-18(3,4)16-12-8-6-10-14-17/h5-16H2,1-4H3. The van der Waals surface area contributed by atoms with Gasteiger partial charge in [0.2, 0.25) is 0 Å². The van der Waals surface area contributed by atoms with Crippen LogP contribution in [0, 0.1) is 0 Å². The summed E-state index contributed by atoms with van der Waals surface area (Å²) in [4.78, 5) is 0. The molecule has 0 nitrogen and oxygen atoms in total. The molecular weight excluding hydrogens is 248 g/mol. The highest BCUT2D eigenvalue weighted by Crippen LogP contribution is 2.27. The Kier molecular flexibility index (Phi) is 7.22. The topological polar surface area (TPSA) is 0 Å². The van der Waals surface area contributed by atoms with E-state index in [1.54, 1.807) is 24.2 Å². The summed E-state index contributed by atoms with van der Waals surface area (Å²) in [6.07, 6.45) is 12.2. The minimum Gasteiger partial charge on any atom is -0.0693 e. The SMILES string of the molecule is C[Si]1(C)CCCCCC[Si](C)(C)CCCCCC1. The van der Waals surface area contributed by atoms with E-state index in [9.17, 15) is 0 Å². The lowest BCUT2D eigenvalue weighted by Gasteiger charge is -2.25. The van der Waals surface area contributed by atoms with E-state index in [2.05, 4.69) is 26.2 Å². The minimum absolute atomic E-state index is 0.815. The van der Waals surface area contributed by atoms with E-state index in [-0.39, 0.29) is 0 Å². The number of rotatable bonds is 0. The van der Waals surface area contributed by atoms with Gasteiger partial charge in [0, 0.05) is 16.1 Å². The van der Waals surface area contributed by atoms with Crippen LogP contribution in [0.5, 0.6) is 0 Å². The molecule has 1 heterocycles. The summed E-state index contributed by atoms with van der Waals surface area (Å²) in [5.74, 6) is 0. The van der Waals surface area contributed by atoms with Gasteiger partial charge in [0.25, 0.3) is 0 Å². The second kappa shape index (κ2) is 7.89. The monoisotopic (exact) mass is 284 g/mol. The van der Waals surface area contributed by atoms with E-state index in [4.69, 9.17) is 0 Å². The van der Waals surface area contributed by atoms with Crippen molar-refractivity contribution in [1.29, 1.82) is 0 Å². The fourth-order valence-electron chi connectivity index (χ4n) is 3.37. The fourth-order valence-corrected chi connectivity index (χ4v) is 8.70. The van der Waals surface area contributed by atoms with E-state index >= 15 is 0 Å². The van der Waals surface area contributed by atoms with Gasteiger partial charge in [0.1, 0.15) is 0 Å². The van der Waals surface area contributed by atoms with Crippen molar-refractivity contribution in [3.8, 4) is 0 Å². The van der Waals surface area contributed by atoms with Crippen LogP contribution in [0.25, 0.3) is 0 Å². The zero-order valence-corrected chi connectivity index (χ0v) is 15.5. The molecule has 0 aromatic carbocycles. The summed E-state index contributed by atoms with van der Waals surface area (Å²) < 4.78 is 0. The van der Waals surface area contributed by atoms with Gasteiger partial charge in [-0.15, -0.1) is 0 Å². The van der Waals surface area contributed by atoms with Gasteiger partial charge in [0.15, 0.2) is 0 Å². The molecule has 0 amide bonds. The average Bonchev–Trinajstić information content (AvgIpc) is 2.27. The maximum atomic E-state index is 2.62. The second-order valence-corrected chi connectivity index (χ2v) is 18.8. The molecule has 0 unspecified atom stereocenters. The van der Waals surface area contributed by atoms with Crippen LogP contribution in [-0.4, -0.2) is 16.1 Å². The molecule has 1 aliphatic heterocycles. The molecule has 0 bridgehead atoms. The quantitative estimate of drug-likeness (QED) is 0.443. The lowest BCUT2D eigenvalue weighted by molar-refractivity contribution is 0.664. The van der Waals surface area contributed by atoms with Crippen LogP contribution in [0.3, 0.4) is 0 Å². The molecular formula is C16H36Si2. The van der Waals surface area contributed by atoms with Gasteiger partial charge >= 0.3 is 0 Å². The Bertz CT molecular complexity index is 177. The molecule has 108 valence electrons. The first kappa shape index (κ1) is 16.5. The summed E-state index contributed by atoms with van der Waals surface area (Å²) >= 11 is 0. The molecule has 1 rings (SSSR count). The molecule has 0 radical (unpaired) electrons. The molecule has 1 fully saturated rings. The molecule has 0 aromatic heterocycles. The first-order chi connectivity index (χ1) is 8.41. The molecule has 0 N–H and O–H groups in total. The van der Waals surface area contributed by atoms with Crippen LogP contribution in [0.4, 0.5) is 0 Å². The number of hydrogen-bond donors (Lipinski definition) is 0. The summed E-state index contributed by atoms with van der Waals surface area (Å²) in [7, 11) is -1.63. The van der Waals surface area contributed by atoms with Crippen molar-refractivity contribution in [2.75, 3.05) is 0 Å². The maximum absolute atomic E-state index is 2.62. The van der Waals surface area contributed by atoms with Crippen molar-refractivity contribution in [3.63, 3.8) is 0 Å². The molecule has 0 atom stereocenters. The Morgan fingerprint density at radius 3 is 0.833 bits per heavy atom. The first-order valence-electron chi connectivity index (χ1n) is 8.41. The van der Waals surface area contributed by atoms with Gasteiger partial charge in [-0.05, 0) is 0 Å². The van der Waals surface area contributed by atoms with Gasteiger partial charge in [-0.1, -0.05) is 102 Å². The maximum Gasteiger partial charge on any atom is 0.0473 e. The Morgan fingerprint density at radius 1 is 0.389 bits per heavy atom. The Labute approximate surface area is 118 Å². The highest BCUT2D eigenvalue weighted by molar-refractivity contribution is 6.77. The zero-order chi connectivity index (χ0) is 13.5. The normalized spacial score (nSPS) is 27.3. The third-order valence-electron chi connectivity index (χ3n) is 4.91. The molecule has 1 aliphatic rings. The van der Waals surface area contributed by atoms with E-state index in [0.29, 0.717) is 0 Å². The smallest absolute Gasteiger partial charge is 0.0473 e. The van der Waals surface area contributed by atoms with E-state index < -0.39 is 16.1 Å². The van der Waals surface area contributed by atoms with Crippen molar-refractivity contribution in [2.24, 2.45) is 0 Å². The highest BCUT2D eigenvalue weighted by atomic mass is 28.3. The summed E-state index contributed by atoms with van der Waals surface area (Å²) in [6, 6.07) is 6.36. The predicted octanol–water partition coefficient (Wildman–Crippen LogP) is 6.54. The van der Waals surface area contributed by atoms with Gasteiger partial charge in [-0.2, -0.15) is 0 Å². The van der Waals surface area contributed by atoms with Crippen molar-refractivity contribution < 1.29 is 0 Å². The van der Waals surface area contributed by atoms with Crippen molar-refractivity contribution in [1.82, 2.24) is 0 Å². The average molecular weight is 285 g/mol. The zero-order valence-electron chi connectivity index (χ0n) is 13.5. The minimum atomic E-state index is -0.815. The van der Waals surface area contributed by atoms with Crippen molar-refractivity contribution in [2.45, 2.75) is 102 Å². The summed E-state index contributed by atoms with van der Waals surface area (Å²) in [6.45, 7) is 10.5. The van der Waals surface area contributed by atoms with Gasteiger partial charge in [-0.25, -0.2) is 0 Å².